The molecule has 1 aliphatic heterocycles. The maximum atomic E-state index is 13.2. The van der Waals surface area contributed by atoms with E-state index >= 15 is 0 Å². The van der Waals surface area contributed by atoms with Crippen LogP contribution in [0.25, 0.3) is 33.7 Å². The first-order valence-corrected chi connectivity index (χ1v) is 19.1. The van der Waals surface area contributed by atoms with E-state index in [1.54, 1.807) is 6.20 Å². The van der Waals surface area contributed by atoms with Crippen LogP contribution in [0, 0.1) is 11.3 Å². The number of imidazole rings is 1. The number of likely N-dealkylation sites (N-methyl/N-ethyl adjacent to an activating group) is 1. The molecule has 230 valence electrons. The van der Waals surface area contributed by atoms with Gasteiger partial charge in [0.25, 0.3) is 5.91 Å². The first-order chi connectivity index (χ1) is 21.2. The van der Waals surface area contributed by atoms with Gasteiger partial charge >= 0.3 is 0 Å². The van der Waals surface area contributed by atoms with E-state index in [9.17, 15) is 4.79 Å². The number of benzene rings is 2. The molecule has 0 N–H and O–H groups in total. The molecule has 2 aromatic heterocycles. The lowest BCUT2D eigenvalue weighted by Crippen LogP contribution is -2.47. The van der Waals surface area contributed by atoms with Crippen molar-refractivity contribution >= 4 is 25.1 Å². The maximum absolute atomic E-state index is 13.2. The summed E-state index contributed by atoms with van der Waals surface area (Å²) < 4.78 is 14.2. The molecule has 4 aromatic rings. The molecule has 1 aliphatic rings. The third-order valence-electron chi connectivity index (χ3n) is 7.88. The highest BCUT2D eigenvalue weighted by Crippen LogP contribution is 2.33. The van der Waals surface area contributed by atoms with E-state index in [4.69, 9.17) is 24.7 Å². The number of unbranched alkanes of at least 4 members (excludes halogenated alkanes) is 1. The largest absolute Gasteiger partial charge is 0.494 e. The SMILES string of the molecule is CN1CCN(C(=O)c2ccc(-c3nc4c(-c5cccc(OCCCC#N)c5)ccnc4n3COCC[Si](C)(C)C)cc2)CC1. The number of hydrogen-bond acceptors (Lipinski definition) is 7. The second-order valence-electron chi connectivity index (χ2n) is 12.6. The lowest BCUT2D eigenvalue weighted by atomic mass is 10.1. The number of rotatable bonds is 12. The molecule has 2 aromatic carbocycles. The molecule has 3 heterocycles. The monoisotopic (exact) mass is 610 g/mol. The van der Waals surface area contributed by atoms with Gasteiger partial charge in [-0.2, -0.15) is 5.26 Å². The van der Waals surface area contributed by atoms with Crippen LogP contribution >= 0.6 is 0 Å². The number of fused-ring (bicyclic) bond motifs is 1. The minimum Gasteiger partial charge on any atom is -0.494 e. The molecule has 0 spiro atoms. The van der Waals surface area contributed by atoms with Crippen molar-refractivity contribution in [3.05, 3.63) is 66.4 Å². The molecule has 0 saturated carbocycles. The number of nitrogens with zero attached hydrogens (tertiary/aromatic N) is 6. The fraction of sp³-hybridized carbons (Fsp3) is 0.412. The minimum absolute atomic E-state index is 0.0616. The smallest absolute Gasteiger partial charge is 0.253 e. The summed E-state index contributed by atoms with van der Waals surface area (Å²) in [5.74, 6) is 1.56. The quantitative estimate of drug-likeness (QED) is 0.140. The Bertz CT molecular complexity index is 1620. The van der Waals surface area contributed by atoms with E-state index in [0.29, 0.717) is 38.3 Å². The van der Waals surface area contributed by atoms with Crippen LogP contribution < -0.4 is 4.74 Å². The summed E-state index contributed by atoms with van der Waals surface area (Å²) in [6.45, 7) is 11.8. The first-order valence-electron chi connectivity index (χ1n) is 15.3. The van der Waals surface area contributed by atoms with Crippen molar-refractivity contribution in [2.24, 2.45) is 0 Å². The van der Waals surface area contributed by atoms with E-state index in [1.807, 2.05) is 64.1 Å². The van der Waals surface area contributed by atoms with Gasteiger partial charge in [0.2, 0.25) is 0 Å². The van der Waals surface area contributed by atoms with Crippen molar-refractivity contribution in [3.8, 4) is 34.3 Å². The molecule has 0 atom stereocenters. The Morgan fingerprint density at radius 1 is 1.00 bits per heavy atom. The Hall–Kier alpha value is -4.04. The number of hydrogen-bond donors (Lipinski definition) is 0. The zero-order valence-corrected chi connectivity index (χ0v) is 27.3. The summed E-state index contributed by atoms with van der Waals surface area (Å²) in [5, 5.41) is 8.82. The van der Waals surface area contributed by atoms with Gasteiger partial charge in [0, 0.05) is 70.2 Å². The molecular weight excluding hydrogens is 568 g/mol. The number of amides is 1. The van der Waals surface area contributed by atoms with Gasteiger partial charge < -0.3 is 19.3 Å². The summed E-state index contributed by atoms with van der Waals surface area (Å²) in [4.78, 5) is 27.2. The predicted octanol–water partition coefficient (Wildman–Crippen LogP) is 6.15. The zero-order valence-electron chi connectivity index (χ0n) is 26.3. The highest BCUT2D eigenvalue weighted by molar-refractivity contribution is 6.76. The Kier molecular flexibility index (Phi) is 10.1. The van der Waals surface area contributed by atoms with Crippen LogP contribution in [0.5, 0.6) is 5.75 Å². The Labute approximate surface area is 261 Å². The molecule has 1 amide bonds. The lowest BCUT2D eigenvalue weighted by molar-refractivity contribution is 0.0664. The van der Waals surface area contributed by atoms with Gasteiger partial charge in [-0.3, -0.25) is 9.36 Å². The van der Waals surface area contributed by atoms with E-state index < -0.39 is 8.07 Å². The molecule has 9 nitrogen and oxygen atoms in total. The Morgan fingerprint density at radius 2 is 1.77 bits per heavy atom. The number of aromatic nitrogens is 3. The van der Waals surface area contributed by atoms with Gasteiger partial charge in [0.1, 0.15) is 23.8 Å². The molecule has 5 rings (SSSR count). The fourth-order valence-electron chi connectivity index (χ4n) is 5.18. The zero-order chi connectivity index (χ0) is 31.1. The summed E-state index contributed by atoms with van der Waals surface area (Å²) in [6.07, 6.45) is 2.96. The number of piperazine rings is 1. The molecule has 1 saturated heterocycles. The molecule has 44 heavy (non-hydrogen) atoms. The summed E-state index contributed by atoms with van der Waals surface area (Å²) >= 11 is 0. The van der Waals surface area contributed by atoms with Gasteiger partial charge in [-0.25, -0.2) is 9.97 Å². The third-order valence-corrected chi connectivity index (χ3v) is 9.58. The topological polar surface area (TPSA) is 96.5 Å². The fourth-order valence-corrected chi connectivity index (χ4v) is 5.93. The number of carbonyl (C=O) groups is 1. The second kappa shape index (κ2) is 14.2. The molecular formula is C34H42N6O3Si. The van der Waals surface area contributed by atoms with Gasteiger partial charge in [0.15, 0.2) is 5.65 Å². The third kappa shape index (κ3) is 7.72. The molecule has 10 heteroatoms. The molecule has 0 unspecified atom stereocenters. The number of carbonyl (C=O) groups excluding carboxylic acids is 1. The second-order valence-corrected chi connectivity index (χ2v) is 18.2. The van der Waals surface area contributed by atoms with Gasteiger partial charge in [-0.1, -0.05) is 43.9 Å². The van der Waals surface area contributed by atoms with E-state index in [1.165, 1.54) is 0 Å². The Balaban J connectivity index is 1.47. The van der Waals surface area contributed by atoms with Crippen molar-refractivity contribution in [3.63, 3.8) is 0 Å². The molecule has 1 fully saturated rings. The van der Waals surface area contributed by atoms with Crippen LogP contribution in [0.3, 0.4) is 0 Å². The van der Waals surface area contributed by atoms with E-state index in [2.05, 4.69) is 37.7 Å². The van der Waals surface area contributed by atoms with Gasteiger partial charge in [-0.15, -0.1) is 0 Å². The maximum Gasteiger partial charge on any atom is 0.253 e. The summed E-state index contributed by atoms with van der Waals surface area (Å²) in [6, 6.07) is 20.9. The van der Waals surface area contributed by atoms with Gasteiger partial charge in [0.05, 0.1) is 12.7 Å². The number of ether oxygens (including phenoxy) is 2. The first kappa shape index (κ1) is 31.4. The van der Waals surface area contributed by atoms with Crippen LogP contribution in [0.4, 0.5) is 0 Å². The highest BCUT2D eigenvalue weighted by Gasteiger charge is 2.22. The summed E-state index contributed by atoms with van der Waals surface area (Å²) in [5.41, 5.74) is 5.00. The minimum atomic E-state index is -1.25. The Morgan fingerprint density at radius 3 is 2.50 bits per heavy atom. The van der Waals surface area contributed by atoms with Crippen LogP contribution in [-0.2, 0) is 11.5 Å². The number of pyridine rings is 1. The number of nitriles is 1. The van der Waals surface area contributed by atoms with Gasteiger partial charge in [-0.05, 0) is 55.4 Å². The van der Waals surface area contributed by atoms with Crippen molar-refractivity contribution in [1.29, 1.82) is 5.26 Å². The van der Waals surface area contributed by atoms with Crippen molar-refractivity contribution in [1.82, 2.24) is 24.3 Å². The standard InChI is InChI=1S/C34H42N6O3Si/c1-38-17-19-39(20-18-38)34(41)27-12-10-26(11-13-27)32-37-31-30(28-8-7-9-29(24-28)43-21-6-5-15-35)14-16-36-33(31)40(32)25-42-22-23-44(2,3)4/h7-14,16,24H,5-6,17-23,25H2,1-4H3. The predicted molar refractivity (Wildman–Crippen MR) is 176 cm³/mol. The highest BCUT2D eigenvalue weighted by atomic mass is 28.3. The van der Waals surface area contributed by atoms with E-state index in [0.717, 1.165) is 71.7 Å². The van der Waals surface area contributed by atoms with Crippen LogP contribution in [0.15, 0.2) is 60.8 Å². The molecule has 0 bridgehead atoms. The van der Waals surface area contributed by atoms with Crippen LogP contribution in [0.2, 0.25) is 25.7 Å². The van der Waals surface area contributed by atoms with Crippen molar-refractivity contribution in [2.75, 3.05) is 46.4 Å². The lowest BCUT2D eigenvalue weighted by Gasteiger charge is -2.32. The average molecular weight is 611 g/mol. The molecule has 0 aliphatic carbocycles. The summed E-state index contributed by atoms with van der Waals surface area (Å²) in [7, 11) is 0.834. The van der Waals surface area contributed by atoms with Crippen LogP contribution in [-0.4, -0.2) is 84.8 Å². The van der Waals surface area contributed by atoms with Crippen molar-refractivity contribution < 1.29 is 14.3 Å². The van der Waals surface area contributed by atoms with Crippen LogP contribution in [0.1, 0.15) is 23.2 Å². The average Bonchev–Trinajstić information content (AvgIpc) is 3.40. The van der Waals surface area contributed by atoms with E-state index in [-0.39, 0.29) is 5.91 Å². The van der Waals surface area contributed by atoms with Crippen molar-refractivity contribution in [2.45, 2.75) is 45.3 Å². The normalized spacial score (nSPS) is 14.1. The molecule has 0 radical (unpaired) electrons.